The minimum absolute atomic E-state index is 0.0575. The second-order valence-corrected chi connectivity index (χ2v) is 7.73. The number of aryl methyl sites for hydroxylation is 1. The van der Waals surface area contributed by atoms with E-state index in [1.165, 1.54) is 16.9 Å². The number of hydrogen-bond donors (Lipinski definition) is 1. The Morgan fingerprint density at radius 1 is 1.12 bits per heavy atom. The molecule has 4 aromatic rings. The van der Waals surface area contributed by atoms with Crippen LogP contribution >= 0.6 is 11.6 Å². The molecular formula is C25H22ClN3O5. The molecule has 0 bridgehead atoms. The molecule has 0 aliphatic carbocycles. The monoisotopic (exact) mass is 479 g/mol. The fraction of sp³-hybridized carbons (Fsp3) is 0.160. The zero-order chi connectivity index (χ0) is 24.1. The molecular weight excluding hydrogens is 458 g/mol. The predicted molar refractivity (Wildman–Crippen MR) is 127 cm³/mol. The molecule has 4 rings (SSSR count). The molecule has 0 spiro atoms. The molecule has 8 nitrogen and oxygen atoms in total. The van der Waals surface area contributed by atoms with Crippen LogP contribution in [0.25, 0.3) is 5.69 Å². The zero-order valence-electron chi connectivity index (χ0n) is 18.6. The molecule has 2 heterocycles. The van der Waals surface area contributed by atoms with Crippen molar-refractivity contribution < 1.29 is 23.5 Å². The van der Waals surface area contributed by atoms with Crippen LogP contribution in [0.1, 0.15) is 39.2 Å². The van der Waals surface area contributed by atoms with Gasteiger partial charge in [0.25, 0.3) is 5.91 Å². The Labute approximate surface area is 201 Å². The van der Waals surface area contributed by atoms with Gasteiger partial charge >= 0.3 is 5.97 Å². The zero-order valence-corrected chi connectivity index (χ0v) is 19.3. The highest BCUT2D eigenvalue weighted by molar-refractivity contribution is 6.30. The molecule has 1 amide bonds. The quantitative estimate of drug-likeness (QED) is 0.338. The number of esters is 1. The molecule has 0 saturated carbocycles. The molecule has 0 radical (unpaired) electrons. The van der Waals surface area contributed by atoms with Crippen molar-refractivity contribution in [1.29, 1.82) is 0 Å². The summed E-state index contributed by atoms with van der Waals surface area (Å²) in [5, 5.41) is 7.61. The van der Waals surface area contributed by atoms with Gasteiger partial charge in [0, 0.05) is 5.02 Å². The van der Waals surface area contributed by atoms with Gasteiger partial charge in [-0.1, -0.05) is 29.8 Å². The van der Waals surface area contributed by atoms with E-state index in [1.54, 1.807) is 43.3 Å². The Morgan fingerprint density at radius 2 is 1.91 bits per heavy atom. The van der Waals surface area contributed by atoms with E-state index in [1.807, 2.05) is 25.1 Å². The van der Waals surface area contributed by atoms with Crippen molar-refractivity contribution in [2.24, 2.45) is 0 Å². The lowest BCUT2D eigenvalue weighted by Gasteiger charge is -2.10. The minimum atomic E-state index is -0.591. The third-order valence-corrected chi connectivity index (χ3v) is 5.12. The molecule has 2 aromatic carbocycles. The third kappa shape index (κ3) is 5.13. The number of amides is 1. The van der Waals surface area contributed by atoms with Crippen LogP contribution in [0.4, 0.5) is 5.82 Å². The van der Waals surface area contributed by atoms with E-state index in [2.05, 4.69) is 10.4 Å². The van der Waals surface area contributed by atoms with Crippen LogP contribution in [-0.2, 0) is 11.3 Å². The number of carbonyl (C=O) groups excluding carboxylic acids is 2. The van der Waals surface area contributed by atoms with Crippen LogP contribution in [0.3, 0.4) is 0 Å². The lowest BCUT2D eigenvalue weighted by Crippen LogP contribution is -2.17. The fourth-order valence-electron chi connectivity index (χ4n) is 3.26. The normalized spacial score (nSPS) is 10.7. The van der Waals surface area contributed by atoms with Gasteiger partial charge in [-0.05, 0) is 61.9 Å². The number of ether oxygens (including phenoxy) is 2. The van der Waals surface area contributed by atoms with Crippen LogP contribution in [0.15, 0.2) is 71.3 Å². The summed E-state index contributed by atoms with van der Waals surface area (Å²) >= 11 is 5.98. The number of benzene rings is 2. The second kappa shape index (κ2) is 10.3. The minimum Gasteiger partial charge on any atom is -0.485 e. The number of hydrogen-bond acceptors (Lipinski definition) is 6. The number of nitrogens with zero attached hydrogens (tertiary/aromatic N) is 2. The first-order valence-corrected chi connectivity index (χ1v) is 10.9. The number of halogens is 1. The average molecular weight is 480 g/mol. The second-order valence-electron chi connectivity index (χ2n) is 7.29. The smallest absolute Gasteiger partial charge is 0.343 e. The van der Waals surface area contributed by atoms with Crippen LogP contribution in [0.2, 0.25) is 5.02 Å². The molecule has 0 atom stereocenters. The Morgan fingerprint density at radius 3 is 2.65 bits per heavy atom. The number of carbonyl (C=O) groups is 2. The average Bonchev–Trinajstić information content (AvgIpc) is 3.47. The molecule has 0 unspecified atom stereocenters. The molecule has 0 fully saturated rings. The molecule has 9 heteroatoms. The molecule has 34 heavy (non-hydrogen) atoms. The first-order valence-electron chi connectivity index (χ1n) is 10.6. The first-order chi connectivity index (χ1) is 16.5. The summed E-state index contributed by atoms with van der Waals surface area (Å²) in [7, 11) is 0. The summed E-state index contributed by atoms with van der Waals surface area (Å²) in [6.07, 6.45) is 1.36. The van der Waals surface area contributed by atoms with E-state index in [9.17, 15) is 9.59 Å². The molecule has 0 saturated heterocycles. The predicted octanol–water partition coefficient (Wildman–Crippen LogP) is 5.44. The Bertz CT molecular complexity index is 1310. The SMILES string of the molecule is CCOC(=O)c1cnn(-c2ccccc2)c1NC(=O)c1ccc(COc2ccc(Cl)cc2C)o1. The summed E-state index contributed by atoms with van der Waals surface area (Å²) in [5.74, 6) is 0.228. The third-order valence-electron chi connectivity index (χ3n) is 4.89. The van der Waals surface area contributed by atoms with E-state index >= 15 is 0 Å². The number of furan rings is 1. The highest BCUT2D eigenvalue weighted by Crippen LogP contribution is 2.24. The maximum atomic E-state index is 13.0. The van der Waals surface area contributed by atoms with Gasteiger partial charge in [0.05, 0.1) is 18.5 Å². The van der Waals surface area contributed by atoms with Gasteiger partial charge in [0.2, 0.25) is 0 Å². The van der Waals surface area contributed by atoms with Crippen molar-refractivity contribution in [3.8, 4) is 11.4 Å². The first kappa shape index (κ1) is 23.1. The lowest BCUT2D eigenvalue weighted by molar-refractivity contribution is 0.0527. The lowest BCUT2D eigenvalue weighted by atomic mass is 10.2. The van der Waals surface area contributed by atoms with Gasteiger partial charge in [-0.2, -0.15) is 5.10 Å². The van der Waals surface area contributed by atoms with Crippen LogP contribution in [0.5, 0.6) is 5.75 Å². The highest BCUT2D eigenvalue weighted by Gasteiger charge is 2.23. The van der Waals surface area contributed by atoms with Crippen molar-refractivity contribution in [1.82, 2.24) is 9.78 Å². The molecule has 0 aliphatic rings. The van der Waals surface area contributed by atoms with Crippen LogP contribution in [0, 0.1) is 6.92 Å². The van der Waals surface area contributed by atoms with Crippen LogP contribution in [-0.4, -0.2) is 28.3 Å². The van der Waals surface area contributed by atoms with Gasteiger partial charge in [0.15, 0.2) is 11.6 Å². The van der Waals surface area contributed by atoms with E-state index in [0.717, 1.165) is 5.56 Å². The van der Waals surface area contributed by atoms with Gasteiger partial charge in [-0.15, -0.1) is 0 Å². The number of anilines is 1. The summed E-state index contributed by atoms with van der Waals surface area (Å²) in [6, 6.07) is 17.6. The fourth-order valence-corrected chi connectivity index (χ4v) is 3.49. The largest absolute Gasteiger partial charge is 0.485 e. The number of rotatable bonds is 8. The van der Waals surface area contributed by atoms with Crippen molar-refractivity contribution in [2.45, 2.75) is 20.5 Å². The maximum absolute atomic E-state index is 13.0. The summed E-state index contributed by atoms with van der Waals surface area (Å²) in [6.45, 7) is 3.91. The standard InChI is InChI=1S/C25H22ClN3O5/c1-3-32-25(31)20-14-27-29(18-7-5-4-6-8-18)23(20)28-24(30)22-12-10-19(34-22)15-33-21-11-9-17(26)13-16(21)2/h4-14H,3,15H2,1-2H3,(H,28,30). The van der Waals surface area contributed by atoms with E-state index in [0.29, 0.717) is 22.2 Å². The molecule has 2 aromatic heterocycles. The Balaban J connectivity index is 1.53. The maximum Gasteiger partial charge on any atom is 0.343 e. The van der Waals surface area contributed by atoms with Gasteiger partial charge in [-0.25, -0.2) is 9.48 Å². The number of aromatic nitrogens is 2. The number of nitrogens with one attached hydrogen (secondary N) is 1. The van der Waals surface area contributed by atoms with Crippen molar-refractivity contribution in [3.63, 3.8) is 0 Å². The molecule has 174 valence electrons. The molecule has 0 aliphatic heterocycles. The van der Waals surface area contributed by atoms with Gasteiger partial charge in [-0.3, -0.25) is 4.79 Å². The Kier molecular flexibility index (Phi) is 6.98. The summed E-state index contributed by atoms with van der Waals surface area (Å²) < 4.78 is 18.0. The van der Waals surface area contributed by atoms with Gasteiger partial charge < -0.3 is 19.2 Å². The number of para-hydroxylation sites is 1. The van der Waals surface area contributed by atoms with Crippen molar-refractivity contribution in [3.05, 3.63) is 94.5 Å². The van der Waals surface area contributed by atoms with E-state index in [-0.39, 0.29) is 30.4 Å². The van der Waals surface area contributed by atoms with Crippen LogP contribution < -0.4 is 10.1 Å². The van der Waals surface area contributed by atoms with Gasteiger partial charge in [0.1, 0.15) is 23.7 Å². The Hall–Kier alpha value is -4.04. The summed E-state index contributed by atoms with van der Waals surface area (Å²) in [5.41, 5.74) is 1.69. The van der Waals surface area contributed by atoms with Crippen molar-refractivity contribution >= 4 is 29.3 Å². The highest BCUT2D eigenvalue weighted by atomic mass is 35.5. The van der Waals surface area contributed by atoms with E-state index in [4.69, 9.17) is 25.5 Å². The topological polar surface area (TPSA) is 95.6 Å². The van der Waals surface area contributed by atoms with E-state index < -0.39 is 11.9 Å². The molecule has 1 N–H and O–H groups in total. The summed E-state index contributed by atoms with van der Waals surface area (Å²) in [4.78, 5) is 25.4. The van der Waals surface area contributed by atoms with Crippen molar-refractivity contribution in [2.75, 3.05) is 11.9 Å².